The lowest BCUT2D eigenvalue weighted by Gasteiger charge is -2.18. The van der Waals surface area contributed by atoms with Gasteiger partial charge in [0, 0.05) is 6.04 Å². The van der Waals surface area contributed by atoms with Crippen LogP contribution in [0.15, 0.2) is 0 Å². The van der Waals surface area contributed by atoms with Gasteiger partial charge < -0.3 is 10.4 Å². The molecule has 0 spiro atoms. The number of amides is 1. The molecule has 0 aromatic carbocycles. The van der Waals surface area contributed by atoms with Crippen molar-refractivity contribution in [3.05, 3.63) is 0 Å². The molecule has 1 amide bonds. The summed E-state index contributed by atoms with van der Waals surface area (Å²) in [6.07, 6.45) is -3.65. The van der Waals surface area contributed by atoms with Crippen molar-refractivity contribution < 1.29 is 32.3 Å². The van der Waals surface area contributed by atoms with E-state index >= 15 is 0 Å². The standard InChI is InChI=1S/C9H11F4NO3/c10-7(11)9(12,13)8(17)14-5-2-1-4(3-5)6(15)16/h4-5,7H,1-3H2,(H,14,17)(H,15,16)/t4-,5+/m1/s1. The fraction of sp³-hybridized carbons (Fsp3) is 0.778. The Balaban J connectivity index is 2.52. The average Bonchev–Trinajstić information content (AvgIpc) is 2.65. The van der Waals surface area contributed by atoms with Crippen LogP contribution in [0.5, 0.6) is 0 Å². The van der Waals surface area contributed by atoms with E-state index in [0.29, 0.717) is 0 Å². The summed E-state index contributed by atoms with van der Waals surface area (Å²) in [7, 11) is 0. The van der Waals surface area contributed by atoms with Gasteiger partial charge in [-0.25, -0.2) is 8.78 Å². The maximum Gasteiger partial charge on any atom is 0.383 e. The lowest BCUT2D eigenvalue weighted by Crippen LogP contribution is -2.48. The molecule has 0 bridgehead atoms. The molecule has 0 saturated heterocycles. The first-order chi connectivity index (χ1) is 7.75. The highest BCUT2D eigenvalue weighted by Crippen LogP contribution is 2.28. The summed E-state index contributed by atoms with van der Waals surface area (Å²) >= 11 is 0. The van der Waals surface area contributed by atoms with E-state index in [1.165, 1.54) is 0 Å². The summed E-state index contributed by atoms with van der Waals surface area (Å²) in [6, 6.07) is -0.784. The highest BCUT2D eigenvalue weighted by Gasteiger charge is 2.49. The molecule has 1 aliphatic carbocycles. The Bertz CT molecular complexity index is 321. The highest BCUT2D eigenvalue weighted by molar-refractivity contribution is 5.84. The van der Waals surface area contributed by atoms with Crippen molar-refractivity contribution in [3.8, 4) is 0 Å². The molecule has 0 heterocycles. The second kappa shape index (κ2) is 4.89. The van der Waals surface area contributed by atoms with E-state index in [4.69, 9.17) is 5.11 Å². The summed E-state index contributed by atoms with van der Waals surface area (Å²) in [5.41, 5.74) is 0. The van der Waals surface area contributed by atoms with Crippen LogP contribution in [0.2, 0.25) is 0 Å². The summed E-state index contributed by atoms with van der Waals surface area (Å²) in [4.78, 5) is 21.4. The van der Waals surface area contributed by atoms with Crippen LogP contribution in [-0.2, 0) is 9.59 Å². The van der Waals surface area contributed by atoms with Gasteiger partial charge in [0.05, 0.1) is 5.92 Å². The third-order valence-electron chi connectivity index (χ3n) is 2.69. The zero-order valence-electron chi connectivity index (χ0n) is 8.63. The molecule has 4 nitrogen and oxygen atoms in total. The quantitative estimate of drug-likeness (QED) is 0.745. The monoisotopic (exact) mass is 257 g/mol. The third-order valence-corrected chi connectivity index (χ3v) is 2.69. The van der Waals surface area contributed by atoms with E-state index in [9.17, 15) is 27.2 Å². The maximum absolute atomic E-state index is 12.6. The van der Waals surface area contributed by atoms with Gasteiger partial charge in [-0.15, -0.1) is 0 Å². The van der Waals surface area contributed by atoms with E-state index in [0.717, 1.165) is 0 Å². The number of carboxylic acids is 1. The van der Waals surface area contributed by atoms with Crippen molar-refractivity contribution in [2.75, 3.05) is 0 Å². The summed E-state index contributed by atoms with van der Waals surface area (Å²) in [5, 5.41) is 10.4. The second-order valence-electron chi connectivity index (χ2n) is 3.94. The van der Waals surface area contributed by atoms with Gasteiger partial charge >= 0.3 is 18.3 Å². The minimum absolute atomic E-state index is 0.0135. The van der Waals surface area contributed by atoms with Gasteiger partial charge in [0.1, 0.15) is 0 Å². The first-order valence-corrected chi connectivity index (χ1v) is 4.95. The Morgan fingerprint density at radius 2 is 1.88 bits per heavy atom. The predicted octanol–water partition coefficient (Wildman–Crippen LogP) is 1.26. The van der Waals surface area contributed by atoms with Crippen molar-refractivity contribution in [2.24, 2.45) is 5.92 Å². The molecule has 0 radical (unpaired) electrons. The number of carboxylic acid groups (broad SMARTS) is 1. The molecule has 1 fully saturated rings. The van der Waals surface area contributed by atoms with Crippen molar-refractivity contribution >= 4 is 11.9 Å². The zero-order chi connectivity index (χ0) is 13.2. The minimum atomic E-state index is -4.73. The Hall–Kier alpha value is -1.34. The maximum atomic E-state index is 12.6. The molecule has 0 aromatic heterocycles. The highest BCUT2D eigenvalue weighted by atomic mass is 19.3. The minimum Gasteiger partial charge on any atom is -0.481 e. The molecule has 0 unspecified atom stereocenters. The van der Waals surface area contributed by atoms with Crippen LogP contribution in [0.3, 0.4) is 0 Å². The van der Waals surface area contributed by atoms with Gasteiger partial charge in [0.25, 0.3) is 5.91 Å². The summed E-state index contributed by atoms with van der Waals surface area (Å²) < 4.78 is 48.8. The van der Waals surface area contributed by atoms with E-state index < -0.39 is 36.2 Å². The lowest BCUT2D eigenvalue weighted by molar-refractivity contribution is -0.170. The summed E-state index contributed by atoms with van der Waals surface area (Å²) in [5.74, 6) is -8.59. The molecule has 2 N–H and O–H groups in total. The third kappa shape index (κ3) is 3.07. The van der Waals surface area contributed by atoms with Crippen molar-refractivity contribution in [1.82, 2.24) is 5.32 Å². The van der Waals surface area contributed by atoms with Gasteiger partial charge in [-0.1, -0.05) is 0 Å². The number of halogens is 4. The van der Waals surface area contributed by atoms with Crippen molar-refractivity contribution in [3.63, 3.8) is 0 Å². The molecule has 1 aliphatic rings. The molecule has 0 aliphatic heterocycles. The largest absolute Gasteiger partial charge is 0.481 e. The van der Waals surface area contributed by atoms with Crippen LogP contribution < -0.4 is 5.32 Å². The summed E-state index contributed by atoms with van der Waals surface area (Å²) in [6.45, 7) is 0. The Labute approximate surface area is 94.0 Å². The van der Waals surface area contributed by atoms with Gasteiger partial charge in [0.15, 0.2) is 0 Å². The normalized spacial score (nSPS) is 25.0. The lowest BCUT2D eigenvalue weighted by atomic mass is 10.1. The van der Waals surface area contributed by atoms with Crippen LogP contribution in [-0.4, -0.2) is 35.4 Å². The second-order valence-corrected chi connectivity index (χ2v) is 3.94. The van der Waals surface area contributed by atoms with Gasteiger partial charge in [-0.05, 0) is 19.3 Å². The molecular formula is C9H11F4NO3. The Morgan fingerprint density at radius 3 is 2.29 bits per heavy atom. The molecule has 17 heavy (non-hydrogen) atoms. The molecular weight excluding hydrogens is 246 g/mol. The molecule has 0 aromatic rings. The van der Waals surface area contributed by atoms with E-state index in [1.54, 1.807) is 5.32 Å². The number of hydrogen-bond acceptors (Lipinski definition) is 2. The fourth-order valence-electron chi connectivity index (χ4n) is 1.72. The Morgan fingerprint density at radius 1 is 1.29 bits per heavy atom. The van der Waals surface area contributed by atoms with Crippen LogP contribution in [0.4, 0.5) is 17.6 Å². The molecule has 1 saturated carbocycles. The van der Waals surface area contributed by atoms with Gasteiger partial charge in [-0.3, -0.25) is 9.59 Å². The number of rotatable bonds is 4. The van der Waals surface area contributed by atoms with Crippen LogP contribution >= 0.6 is 0 Å². The van der Waals surface area contributed by atoms with Crippen molar-refractivity contribution in [2.45, 2.75) is 37.7 Å². The van der Waals surface area contributed by atoms with Crippen molar-refractivity contribution in [1.29, 1.82) is 0 Å². The molecule has 98 valence electrons. The topological polar surface area (TPSA) is 66.4 Å². The van der Waals surface area contributed by atoms with E-state index in [-0.39, 0.29) is 19.3 Å². The van der Waals surface area contributed by atoms with Crippen LogP contribution in [0, 0.1) is 5.92 Å². The predicted molar refractivity (Wildman–Crippen MR) is 47.9 cm³/mol. The first-order valence-electron chi connectivity index (χ1n) is 4.95. The molecule has 1 rings (SSSR count). The average molecular weight is 257 g/mol. The number of aliphatic carboxylic acids is 1. The number of alkyl halides is 4. The SMILES string of the molecule is O=C(O)[C@@H]1CC[C@H](NC(=O)C(F)(F)C(F)F)C1. The zero-order valence-corrected chi connectivity index (χ0v) is 8.63. The van der Waals surface area contributed by atoms with E-state index in [1.807, 2.05) is 0 Å². The van der Waals surface area contributed by atoms with Crippen LogP contribution in [0.25, 0.3) is 0 Å². The number of hydrogen-bond donors (Lipinski definition) is 2. The Kier molecular flexibility index (Phi) is 3.94. The van der Waals surface area contributed by atoms with E-state index in [2.05, 4.69) is 0 Å². The number of carbonyl (C=O) groups excluding carboxylic acids is 1. The first kappa shape index (κ1) is 13.7. The molecule has 2 atom stereocenters. The fourth-order valence-corrected chi connectivity index (χ4v) is 1.72. The van der Waals surface area contributed by atoms with Gasteiger partial charge in [0.2, 0.25) is 0 Å². The number of nitrogens with one attached hydrogen (secondary N) is 1. The smallest absolute Gasteiger partial charge is 0.383 e. The number of carbonyl (C=O) groups is 2. The molecule has 8 heteroatoms. The van der Waals surface area contributed by atoms with Crippen LogP contribution in [0.1, 0.15) is 19.3 Å². The van der Waals surface area contributed by atoms with Gasteiger partial charge in [-0.2, -0.15) is 8.78 Å².